The average Bonchev–Trinajstić information content (AvgIpc) is 2.53. The first kappa shape index (κ1) is 19.9. The number of cyclic esters (lactones) is 1. The van der Waals surface area contributed by atoms with E-state index in [1.807, 2.05) is 26.0 Å². The predicted octanol–water partition coefficient (Wildman–Crippen LogP) is 3.50. The minimum absolute atomic E-state index is 0.0256. The fraction of sp³-hybridized carbons (Fsp3) is 0.737. The van der Waals surface area contributed by atoms with Gasteiger partial charge in [0.2, 0.25) is 0 Å². The predicted molar refractivity (Wildman–Crippen MR) is 92.0 cm³/mol. The third-order valence-electron chi connectivity index (χ3n) is 4.87. The molecule has 0 aromatic heterocycles. The van der Waals surface area contributed by atoms with Crippen LogP contribution in [-0.2, 0) is 14.3 Å². The Morgan fingerprint density at radius 2 is 2.13 bits per heavy atom. The molecule has 0 bridgehead atoms. The lowest BCUT2D eigenvalue weighted by molar-refractivity contribution is -0.149. The summed E-state index contributed by atoms with van der Waals surface area (Å²) in [5.74, 6) is 0.152. The van der Waals surface area contributed by atoms with Gasteiger partial charge in [0.05, 0.1) is 12.2 Å². The number of ether oxygens (including phenoxy) is 2. The van der Waals surface area contributed by atoms with E-state index in [0.717, 1.165) is 12.8 Å². The normalized spacial score (nSPS) is 26.8. The molecule has 4 nitrogen and oxygen atoms in total. The molecule has 0 aromatic rings. The van der Waals surface area contributed by atoms with Crippen LogP contribution in [0.3, 0.4) is 0 Å². The lowest BCUT2D eigenvalue weighted by Crippen LogP contribution is -2.40. The van der Waals surface area contributed by atoms with Gasteiger partial charge in [0.25, 0.3) is 0 Å². The zero-order valence-corrected chi connectivity index (χ0v) is 15.1. The first-order valence-corrected chi connectivity index (χ1v) is 8.65. The van der Waals surface area contributed by atoms with Crippen molar-refractivity contribution < 1.29 is 19.4 Å². The molecule has 4 heteroatoms. The van der Waals surface area contributed by atoms with Crippen LogP contribution in [0.4, 0.5) is 0 Å². The van der Waals surface area contributed by atoms with Crippen molar-refractivity contribution in [2.24, 2.45) is 17.8 Å². The van der Waals surface area contributed by atoms with E-state index in [9.17, 15) is 9.90 Å². The number of hydrogen-bond acceptors (Lipinski definition) is 4. The van der Waals surface area contributed by atoms with Crippen molar-refractivity contribution in [3.05, 3.63) is 24.3 Å². The van der Waals surface area contributed by atoms with Gasteiger partial charge in [0.15, 0.2) is 0 Å². The fourth-order valence-electron chi connectivity index (χ4n) is 3.35. The second-order valence-electron chi connectivity index (χ2n) is 6.55. The first-order valence-electron chi connectivity index (χ1n) is 8.65. The van der Waals surface area contributed by atoms with Crippen LogP contribution in [0.15, 0.2) is 24.3 Å². The van der Waals surface area contributed by atoms with E-state index in [4.69, 9.17) is 9.47 Å². The zero-order chi connectivity index (χ0) is 17.4. The van der Waals surface area contributed by atoms with Crippen LogP contribution in [0.1, 0.15) is 47.0 Å². The summed E-state index contributed by atoms with van der Waals surface area (Å²) >= 11 is 0. The van der Waals surface area contributed by atoms with Crippen LogP contribution < -0.4 is 0 Å². The van der Waals surface area contributed by atoms with Gasteiger partial charge in [-0.25, -0.2) is 4.79 Å². The van der Waals surface area contributed by atoms with Gasteiger partial charge in [-0.2, -0.15) is 0 Å². The molecule has 0 fully saturated rings. The van der Waals surface area contributed by atoms with E-state index < -0.39 is 6.10 Å². The number of esters is 1. The van der Waals surface area contributed by atoms with E-state index in [-0.39, 0.29) is 30.0 Å². The van der Waals surface area contributed by atoms with E-state index in [2.05, 4.69) is 19.9 Å². The summed E-state index contributed by atoms with van der Waals surface area (Å²) in [4.78, 5) is 11.5. The fourth-order valence-corrected chi connectivity index (χ4v) is 3.35. The number of rotatable bonds is 9. The minimum Gasteiger partial charge on any atom is -0.458 e. The molecule has 0 spiro atoms. The molecule has 0 aliphatic carbocycles. The number of carbonyl (C=O) groups excluding carboxylic acids is 1. The summed E-state index contributed by atoms with van der Waals surface area (Å²) in [6.45, 7) is 8.21. The second-order valence-corrected chi connectivity index (χ2v) is 6.55. The molecular formula is C19H32O4. The molecule has 1 rings (SSSR count). The van der Waals surface area contributed by atoms with Crippen molar-refractivity contribution in [2.75, 3.05) is 7.11 Å². The summed E-state index contributed by atoms with van der Waals surface area (Å²) < 4.78 is 11.1. The highest BCUT2D eigenvalue weighted by atomic mass is 16.7. The van der Waals surface area contributed by atoms with E-state index in [1.54, 1.807) is 7.11 Å². The van der Waals surface area contributed by atoms with E-state index in [1.165, 1.54) is 6.08 Å². The molecule has 1 aliphatic heterocycles. The molecule has 1 heterocycles. The highest BCUT2D eigenvalue weighted by molar-refractivity contribution is 5.82. The molecule has 6 atom stereocenters. The Balaban J connectivity index is 2.68. The molecule has 0 unspecified atom stereocenters. The van der Waals surface area contributed by atoms with Crippen molar-refractivity contribution in [3.63, 3.8) is 0 Å². The monoisotopic (exact) mass is 343 g/mol. The van der Waals surface area contributed by atoms with Crippen LogP contribution in [-0.4, -0.2) is 36.5 Å². The highest BCUT2D eigenvalue weighted by Gasteiger charge is 2.33. The highest BCUT2D eigenvalue weighted by Crippen LogP contribution is 2.29. The molecule has 1 aliphatic rings. The Hall–Kier alpha value is -1.13. The summed E-state index contributed by atoms with van der Waals surface area (Å²) in [5.41, 5.74) is 0. The summed E-state index contributed by atoms with van der Waals surface area (Å²) in [7, 11) is 1.69. The quantitative estimate of drug-likeness (QED) is 0.395. The van der Waals surface area contributed by atoms with Crippen molar-refractivity contribution in [3.8, 4) is 0 Å². The minimum atomic E-state index is -0.564. The number of allylic oxidation sites excluding steroid dienone is 2. The van der Waals surface area contributed by atoms with Crippen LogP contribution in [0.2, 0.25) is 0 Å². The molecule has 23 heavy (non-hydrogen) atoms. The molecule has 0 aromatic carbocycles. The zero-order valence-electron chi connectivity index (χ0n) is 15.1. The summed E-state index contributed by atoms with van der Waals surface area (Å²) in [6.07, 6.45) is 8.95. The van der Waals surface area contributed by atoms with Gasteiger partial charge in [-0.05, 0) is 25.7 Å². The lowest BCUT2D eigenvalue weighted by atomic mass is 10.8. The van der Waals surface area contributed by atoms with Gasteiger partial charge in [0.1, 0.15) is 6.10 Å². The lowest BCUT2D eigenvalue weighted by Gasteiger charge is -2.34. The topological polar surface area (TPSA) is 55.8 Å². The van der Waals surface area contributed by atoms with Crippen molar-refractivity contribution in [2.45, 2.75) is 65.3 Å². The number of hydrogen-bond donors (Lipinski definition) is 1. The number of aliphatic hydroxyl groups excluding tert-OH is 1. The number of methoxy groups -OCH3 is 1. The SMILES string of the molecule is [13CH3]/[13CH]=[13CH]/[13CH2][13C@H]([13CH3])[13C@@H](O[13CH3])[13C@@H]([13CH3])[13C@H](O)[13CH2][13C@H]1O[13C](=O)[13CH]=[13CH][13C@H]1[13CH2][13CH3]. The average molecular weight is 343 g/mol. The molecule has 0 radical (unpaired) electrons. The largest absolute Gasteiger partial charge is 0.458 e. The van der Waals surface area contributed by atoms with Crippen LogP contribution in [0, 0.1) is 17.8 Å². The maximum Gasteiger partial charge on any atom is 0.330 e. The van der Waals surface area contributed by atoms with Gasteiger partial charge in [-0.15, -0.1) is 0 Å². The first-order chi connectivity index (χ1) is 10.9. The third kappa shape index (κ3) is 5.78. The van der Waals surface area contributed by atoms with Crippen molar-refractivity contribution >= 4 is 5.97 Å². The third-order valence-corrected chi connectivity index (χ3v) is 4.87. The van der Waals surface area contributed by atoms with Gasteiger partial charge in [0, 0.05) is 31.4 Å². The molecule has 132 valence electrons. The van der Waals surface area contributed by atoms with Gasteiger partial charge in [-0.3, -0.25) is 0 Å². The van der Waals surface area contributed by atoms with Crippen molar-refractivity contribution in [1.29, 1.82) is 0 Å². The maximum atomic E-state index is 11.5. The molecule has 0 saturated carbocycles. The molecular weight excluding hydrogens is 311 g/mol. The smallest absolute Gasteiger partial charge is 0.330 e. The summed E-state index contributed by atoms with van der Waals surface area (Å²) in [5, 5.41) is 10.6. The maximum absolute atomic E-state index is 11.5. The van der Waals surface area contributed by atoms with Gasteiger partial charge >= 0.3 is 5.97 Å². The summed E-state index contributed by atoms with van der Waals surface area (Å²) in [6, 6.07) is 0. The standard InChI is InChI=1S/C19H32O4/c1-6-8-9-13(3)19(22-5)14(4)16(20)12-17-15(7-2)10-11-18(21)23-17/h6,8,10-11,13-17,19-20H,7,9,12H2,1-5H3/b8-6+/t13-,14-,15+,16+,17+,19+/m0/s1/i1+1,2+1,3+1,4+1,5+1,6+1,7+1,8+1,9+1,10+1,11+1,12+1,13+1,14+1,15+1,16+1,17+1,18+1,19+1. The van der Waals surface area contributed by atoms with Gasteiger partial charge in [-0.1, -0.05) is 39.0 Å². The Morgan fingerprint density at radius 1 is 1.43 bits per heavy atom. The number of carbonyl (C=O) groups is 1. The number of aliphatic hydroxyl groups is 1. The van der Waals surface area contributed by atoms with E-state index >= 15 is 0 Å². The molecule has 1 N–H and O–H groups in total. The Labute approximate surface area is 140 Å². The van der Waals surface area contributed by atoms with Crippen LogP contribution in [0.25, 0.3) is 0 Å². The second kappa shape index (κ2) is 9.89. The Kier molecular flexibility index (Phi) is 8.56. The molecule has 0 amide bonds. The van der Waals surface area contributed by atoms with Crippen molar-refractivity contribution in [1.82, 2.24) is 0 Å². The van der Waals surface area contributed by atoms with Crippen LogP contribution >= 0.6 is 0 Å². The van der Waals surface area contributed by atoms with E-state index in [0.29, 0.717) is 12.3 Å². The van der Waals surface area contributed by atoms with Crippen LogP contribution in [0.5, 0.6) is 0 Å². The molecule has 0 saturated heterocycles. The Morgan fingerprint density at radius 3 is 2.70 bits per heavy atom. The van der Waals surface area contributed by atoms with Gasteiger partial charge < -0.3 is 14.6 Å². The Bertz CT molecular complexity index is 416.